The molecule has 2 N–H and O–H groups in total. The van der Waals surface area contributed by atoms with Gasteiger partial charge in [0, 0.05) is 11.9 Å². The molecule has 1 heterocycles. The van der Waals surface area contributed by atoms with Crippen molar-refractivity contribution in [2.24, 2.45) is 5.92 Å². The van der Waals surface area contributed by atoms with Gasteiger partial charge in [-0.05, 0) is 19.1 Å². The molecule has 0 aliphatic carbocycles. The Kier molecular flexibility index (Phi) is 2.71. The summed E-state index contributed by atoms with van der Waals surface area (Å²) in [6.45, 7) is 2.13. The predicted molar refractivity (Wildman–Crippen MR) is 45.5 cm³/mol. The van der Waals surface area contributed by atoms with E-state index in [9.17, 15) is 13.9 Å². The molecule has 4 heteroatoms. The molecule has 2 atom stereocenters. The molecule has 2 unspecified atom stereocenters. The molecule has 1 aromatic heterocycles. The number of hydrogen-bond donors (Lipinski definition) is 2. The summed E-state index contributed by atoms with van der Waals surface area (Å²) in [6, 6.07) is 3.26. The van der Waals surface area contributed by atoms with Crippen molar-refractivity contribution in [2.45, 2.75) is 25.9 Å². The highest BCUT2D eigenvalue weighted by atomic mass is 19.3. The SMILES string of the molecule is CC(C(O)c1ccc[nH]1)C(C)(F)F. The Morgan fingerprint density at radius 3 is 2.54 bits per heavy atom. The van der Waals surface area contributed by atoms with E-state index in [4.69, 9.17) is 0 Å². The van der Waals surface area contributed by atoms with Gasteiger partial charge in [0.1, 0.15) is 6.10 Å². The van der Waals surface area contributed by atoms with Gasteiger partial charge in [0.25, 0.3) is 5.92 Å². The van der Waals surface area contributed by atoms with Crippen molar-refractivity contribution in [3.63, 3.8) is 0 Å². The maximum atomic E-state index is 12.8. The lowest BCUT2D eigenvalue weighted by atomic mass is 9.96. The smallest absolute Gasteiger partial charge is 0.250 e. The Morgan fingerprint density at radius 1 is 1.54 bits per heavy atom. The maximum absolute atomic E-state index is 12.8. The van der Waals surface area contributed by atoms with Crippen LogP contribution < -0.4 is 0 Å². The van der Waals surface area contributed by atoms with Crippen molar-refractivity contribution < 1.29 is 13.9 Å². The fourth-order valence-corrected chi connectivity index (χ4v) is 1.07. The number of nitrogens with one attached hydrogen (secondary N) is 1. The van der Waals surface area contributed by atoms with Gasteiger partial charge in [0.15, 0.2) is 0 Å². The third-order valence-corrected chi connectivity index (χ3v) is 2.21. The number of aliphatic hydroxyl groups excluding tert-OH is 1. The second-order valence-electron chi connectivity index (χ2n) is 3.32. The van der Waals surface area contributed by atoms with Crippen LogP contribution in [-0.4, -0.2) is 16.0 Å². The van der Waals surface area contributed by atoms with Gasteiger partial charge in [-0.3, -0.25) is 0 Å². The van der Waals surface area contributed by atoms with E-state index in [1.165, 1.54) is 6.92 Å². The van der Waals surface area contributed by atoms with Gasteiger partial charge in [0.2, 0.25) is 0 Å². The Morgan fingerprint density at radius 2 is 2.15 bits per heavy atom. The van der Waals surface area contributed by atoms with Gasteiger partial charge in [-0.1, -0.05) is 6.92 Å². The molecule has 0 amide bonds. The van der Waals surface area contributed by atoms with E-state index in [-0.39, 0.29) is 0 Å². The highest BCUT2D eigenvalue weighted by Crippen LogP contribution is 2.33. The lowest BCUT2D eigenvalue weighted by Gasteiger charge is -2.23. The third kappa shape index (κ3) is 2.28. The van der Waals surface area contributed by atoms with Gasteiger partial charge < -0.3 is 10.1 Å². The van der Waals surface area contributed by atoms with E-state index >= 15 is 0 Å². The van der Waals surface area contributed by atoms with Crippen LogP contribution in [0, 0.1) is 5.92 Å². The number of hydrogen-bond acceptors (Lipinski definition) is 1. The van der Waals surface area contributed by atoms with E-state index < -0.39 is 17.9 Å². The molecule has 1 rings (SSSR count). The standard InChI is InChI=1S/C9H13F2NO/c1-6(9(2,10)11)8(13)7-4-3-5-12-7/h3-6,8,12-13H,1-2H3. The topological polar surface area (TPSA) is 36.0 Å². The second-order valence-corrected chi connectivity index (χ2v) is 3.32. The van der Waals surface area contributed by atoms with Crippen molar-refractivity contribution in [2.75, 3.05) is 0 Å². The Labute approximate surface area is 75.6 Å². The summed E-state index contributed by atoms with van der Waals surface area (Å²) in [5.74, 6) is -3.96. The molecule has 0 aromatic carbocycles. The molecular weight excluding hydrogens is 176 g/mol. The molecule has 74 valence electrons. The zero-order chi connectivity index (χ0) is 10.1. The zero-order valence-corrected chi connectivity index (χ0v) is 7.59. The Bertz CT molecular complexity index is 253. The van der Waals surface area contributed by atoms with Crippen molar-refractivity contribution >= 4 is 0 Å². The van der Waals surface area contributed by atoms with E-state index in [2.05, 4.69) is 4.98 Å². The van der Waals surface area contributed by atoms with Gasteiger partial charge in [-0.2, -0.15) is 0 Å². The Hall–Kier alpha value is -0.900. The quantitative estimate of drug-likeness (QED) is 0.752. The summed E-state index contributed by atoms with van der Waals surface area (Å²) in [4.78, 5) is 2.71. The van der Waals surface area contributed by atoms with E-state index in [0.29, 0.717) is 5.69 Å². The Balaban J connectivity index is 2.74. The fourth-order valence-electron chi connectivity index (χ4n) is 1.07. The van der Waals surface area contributed by atoms with Crippen LogP contribution in [0.4, 0.5) is 8.78 Å². The zero-order valence-electron chi connectivity index (χ0n) is 7.59. The minimum atomic E-state index is -2.87. The third-order valence-electron chi connectivity index (χ3n) is 2.21. The first-order valence-corrected chi connectivity index (χ1v) is 4.12. The first-order valence-electron chi connectivity index (χ1n) is 4.12. The summed E-state index contributed by atoms with van der Waals surface area (Å²) in [6.07, 6.45) is 0.453. The molecule has 0 fully saturated rings. The number of aromatic amines is 1. The van der Waals surface area contributed by atoms with Crippen LogP contribution in [0.25, 0.3) is 0 Å². The lowest BCUT2D eigenvalue weighted by Crippen LogP contribution is -2.27. The lowest BCUT2D eigenvalue weighted by molar-refractivity contribution is -0.0835. The number of halogens is 2. The van der Waals surface area contributed by atoms with Crippen LogP contribution in [0.2, 0.25) is 0 Å². The summed E-state index contributed by atoms with van der Waals surface area (Å²) < 4.78 is 25.6. The van der Waals surface area contributed by atoms with Crippen LogP contribution in [0.3, 0.4) is 0 Å². The summed E-state index contributed by atoms with van der Waals surface area (Å²) in [5.41, 5.74) is 0.425. The number of aliphatic hydroxyl groups is 1. The van der Waals surface area contributed by atoms with E-state index in [0.717, 1.165) is 6.92 Å². The van der Waals surface area contributed by atoms with E-state index in [1.54, 1.807) is 18.3 Å². The summed E-state index contributed by atoms with van der Waals surface area (Å²) >= 11 is 0. The molecule has 0 aliphatic rings. The van der Waals surface area contributed by atoms with Gasteiger partial charge >= 0.3 is 0 Å². The highest BCUT2D eigenvalue weighted by molar-refractivity contribution is 5.08. The maximum Gasteiger partial charge on any atom is 0.250 e. The second kappa shape index (κ2) is 3.46. The normalized spacial score (nSPS) is 17.0. The minimum absolute atomic E-state index is 0.425. The van der Waals surface area contributed by atoms with Crippen molar-refractivity contribution in [3.8, 4) is 0 Å². The van der Waals surface area contributed by atoms with Crippen LogP contribution in [0.15, 0.2) is 18.3 Å². The first-order chi connectivity index (χ1) is 5.93. The van der Waals surface area contributed by atoms with Crippen LogP contribution in [0.1, 0.15) is 25.6 Å². The predicted octanol–water partition coefficient (Wildman–Crippen LogP) is 2.34. The molecule has 13 heavy (non-hydrogen) atoms. The molecule has 0 saturated carbocycles. The monoisotopic (exact) mass is 189 g/mol. The van der Waals surface area contributed by atoms with Crippen LogP contribution >= 0.6 is 0 Å². The summed E-state index contributed by atoms with van der Waals surface area (Å²) in [5, 5.41) is 9.50. The van der Waals surface area contributed by atoms with Crippen molar-refractivity contribution in [1.29, 1.82) is 0 Å². The molecule has 1 aromatic rings. The minimum Gasteiger partial charge on any atom is -0.386 e. The number of H-pyrrole nitrogens is 1. The number of aromatic nitrogens is 1. The van der Waals surface area contributed by atoms with Crippen molar-refractivity contribution in [1.82, 2.24) is 4.98 Å². The molecule has 0 aliphatic heterocycles. The fraction of sp³-hybridized carbons (Fsp3) is 0.556. The molecule has 0 bridgehead atoms. The molecule has 2 nitrogen and oxygen atoms in total. The van der Waals surface area contributed by atoms with Gasteiger partial charge in [-0.15, -0.1) is 0 Å². The largest absolute Gasteiger partial charge is 0.386 e. The molecule has 0 saturated heterocycles. The van der Waals surface area contributed by atoms with Gasteiger partial charge in [-0.25, -0.2) is 8.78 Å². The average molecular weight is 189 g/mol. The number of alkyl halides is 2. The molecule has 0 spiro atoms. The average Bonchev–Trinajstić information content (AvgIpc) is 2.51. The highest BCUT2D eigenvalue weighted by Gasteiger charge is 2.36. The van der Waals surface area contributed by atoms with Crippen LogP contribution in [-0.2, 0) is 0 Å². The molecular formula is C9H13F2NO. The van der Waals surface area contributed by atoms with Crippen LogP contribution in [0.5, 0.6) is 0 Å². The van der Waals surface area contributed by atoms with Gasteiger partial charge in [0.05, 0.1) is 5.92 Å². The number of rotatable bonds is 3. The van der Waals surface area contributed by atoms with Crippen molar-refractivity contribution in [3.05, 3.63) is 24.0 Å². The first kappa shape index (κ1) is 10.2. The van der Waals surface area contributed by atoms with E-state index in [1.807, 2.05) is 0 Å². The molecule has 0 radical (unpaired) electrons. The summed E-state index contributed by atoms with van der Waals surface area (Å²) in [7, 11) is 0.